The maximum Gasteiger partial charge on any atom is 0.0259 e. The first-order valence-corrected chi connectivity index (χ1v) is 7.52. The lowest BCUT2D eigenvalue weighted by Crippen LogP contribution is -2.54. The van der Waals surface area contributed by atoms with Crippen molar-refractivity contribution in [2.75, 3.05) is 26.2 Å². The van der Waals surface area contributed by atoms with Crippen LogP contribution in [0.5, 0.6) is 0 Å². The van der Waals surface area contributed by atoms with E-state index in [0.717, 1.165) is 19.6 Å². The molecule has 19 heavy (non-hydrogen) atoms. The molecule has 3 heteroatoms. The van der Waals surface area contributed by atoms with Crippen molar-refractivity contribution in [3.63, 3.8) is 0 Å². The predicted molar refractivity (Wildman–Crippen MR) is 78.8 cm³/mol. The molecule has 0 radical (unpaired) electrons. The van der Waals surface area contributed by atoms with Gasteiger partial charge in [0, 0.05) is 31.1 Å². The van der Waals surface area contributed by atoms with Crippen LogP contribution in [-0.4, -0.2) is 37.1 Å². The molecule has 104 valence electrons. The molecular weight excluding hydrogens is 234 g/mol. The molecule has 0 aliphatic carbocycles. The molecule has 2 aliphatic rings. The molecule has 1 aromatic carbocycles. The van der Waals surface area contributed by atoms with Crippen LogP contribution in [0.3, 0.4) is 0 Å². The number of benzene rings is 1. The van der Waals surface area contributed by atoms with E-state index in [9.17, 15) is 0 Å². The van der Waals surface area contributed by atoms with Crippen LogP contribution in [0, 0.1) is 5.41 Å². The molecule has 3 N–H and O–H groups in total. The van der Waals surface area contributed by atoms with E-state index in [1.807, 2.05) is 0 Å². The fourth-order valence-electron chi connectivity index (χ4n) is 3.89. The van der Waals surface area contributed by atoms with E-state index in [0.29, 0.717) is 11.5 Å². The maximum absolute atomic E-state index is 5.97. The molecule has 1 spiro atoms. The van der Waals surface area contributed by atoms with Gasteiger partial charge in [0.1, 0.15) is 0 Å². The molecule has 2 saturated heterocycles. The monoisotopic (exact) mass is 259 g/mol. The highest BCUT2D eigenvalue weighted by molar-refractivity contribution is 5.15. The lowest BCUT2D eigenvalue weighted by Gasteiger charge is -2.41. The van der Waals surface area contributed by atoms with E-state index in [2.05, 4.69) is 40.5 Å². The van der Waals surface area contributed by atoms with Crippen LogP contribution in [0.15, 0.2) is 30.3 Å². The summed E-state index contributed by atoms with van der Waals surface area (Å²) >= 11 is 0. The van der Waals surface area contributed by atoms with Gasteiger partial charge in [0.2, 0.25) is 0 Å². The van der Waals surface area contributed by atoms with E-state index in [-0.39, 0.29) is 0 Å². The van der Waals surface area contributed by atoms with E-state index in [1.54, 1.807) is 0 Å². The Labute approximate surface area is 116 Å². The minimum atomic E-state index is 0.432. The van der Waals surface area contributed by atoms with Crippen LogP contribution in [0.2, 0.25) is 0 Å². The molecule has 1 aromatic rings. The zero-order valence-corrected chi connectivity index (χ0v) is 11.6. The predicted octanol–water partition coefficient (Wildman–Crippen LogP) is 1.59. The largest absolute Gasteiger partial charge is 0.329 e. The van der Waals surface area contributed by atoms with Crippen LogP contribution in [0.1, 0.15) is 24.8 Å². The first-order chi connectivity index (χ1) is 9.32. The van der Waals surface area contributed by atoms with Crippen molar-refractivity contribution < 1.29 is 0 Å². The molecule has 2 atom stereocenters. The van der Waals surface area contributed by atoms with Crippen molar-refractivity contribution >= 4 is 0 Å². The molecule has 2 unspecified atom stereocenters. The maximum atomic E-state index is 5.97. The highest BCUT2D eigenvalue weighted by Crippen LogP contribution is 2.40. The van der Waals surface area contributed by atoms with Gasteiger partial charge in [-0.05, 0) is 37.9 Å². The first-order valence-electron chi connectivity index (χ1n) is 7.52. The third-order valence-corrected chi connectivity index (χ3v) is 4.93. The number of piperidine rings is 1. The number of hydrogen-bond acceptors (Lipinski definition) is 3. The Balaban J connectivity index is 1.66. The van der Waals surface area contributed by atoms with Crippen LogP contribution in [0.25, 0.3) is 0 Å². The number of hydrogen-bond donors (Lipinski definition) is 2. The Hall–Kier alpha value is -0.900. The summed E-state index contributed by atoms with van der Waals surface area (Å²) < 4.78 is 0. The SMILES string of the molecule is NCC1NCCCC12CCN(Cc1ccccc1)C2. The van der Waals surface area contributed by atoms with Crippen molar-refractivity contribution in [2.24, 2.45) is 11.1 Å². The number of rotatable bonds is 3. The lowest BCUT2D eigenvalue weighted by molar-refractivity contribution is 0.139. The molecule has 0 bridgehead atoms. The van der Waals surface area contributed by atoms with Gasteiger partial charge >= 0.3 is 0 Å². The topological polar surface area (TPSA) is 41.3 Å². The van der Waals surface area contributed by atoms with Gasteiger partial charge in [-0.15, -0.1) is 0 Å². The summed E-state index contributed by atoms with van der Waals surface area (Å²) in [5, 5.41) is 3.63. The quantitative estimate of drug-likeness (QED) is 0.866. The molecule has 0 aromatic heterocycles. The highest BCUT2D eigenvalue weighted by Gasteiger charge is 2.44. The second-order valence-corrected chi connectivity index (χ2v) is 6.15. The van der Waals surface area contributed by atoms with Gasteiger partial charge in [0.05, 0.1) is 0 Å². The summed E-state index contributed by atoms with van der Waals surface area (Å²) in [5.41, 5.74) is 7.83. The Morgan fingerprint density at radius 3 is 2.89 bits per heavy atom. The summed E-state index contributed by atoms with van der Waals surface area (Å²) in [6, 6.07) is 11.3. The molecule has 0 amide bonds. The third-order valence-electron chi connectivity index (χ3n) is 4.93. The standard InChI is InChI=1S/C16H25N3/c17-11-15-16(7-4-9-18-15)8-10-19(13-16)12-14-5-2-1-3-6-14/h1-3,5-6,15,18H,4,7-13,17H2. The highest BCUT2D eigenvalue weighted by atomic mass is 15.2. The Morgan fingerprint density at radius 1 is 1.26 bits per heavy atom. The Kier molecular flexibility index (Phi) is 3.87. The number of nitrogens with two attached hydrogens (primary N) is 1. The van der Waals surface area contributed by atoms with Crippen LogP contribution in [0.4, 0.5) is 0 Å². The van der Waals surface area contributed by atoms with Crippen molar-refractivity contribution in [3.8, 4) is 0 Å². The minimum absolute atomic E-state index is 0.432. The average molecular weight is 259 g/mol. The zero-order valence-electron chi connectivity index (χ0n) is 11.6. The van der Waals surface area contributed by atoms with Gasteiger partial charge in [-0.3, -0.25) is 4.90 Å². The minimum Gasteiger partial charge on any atom is -0.329 e. The lowest BCUT2D eigenvalue weighted by atomic mass is 9.73. The van der Waals surface area contributed by atoms with Crippen molar-refractivity contribution in [3.05, 3.63) is 35.9 Å². The van der Waals surface area contributed by atoms with Gasteiger partial charge in [-0.2, -0.15) is 0 Å². The van der Waals surface area contributed by atoms with Gasteiger partial charge < -0.3 is 11.1 Å². The summed E-state index contributed by atoms with van der Waals surface area (Å²) in [7, 11) is 0. The summed E-state index contributed by atoms with van der Waals surface area (Å²) in [6.45, 7) is 5.42. The molecule has 3 nitrogen and oxygen atoms in total. The van der Waals surface area contributed by atoms with E-state index in [1.165, 1.54) is 37.9 Å². The fourth-order valence-corrected chi connectivity index (χ4v) is 3.89. The second-order valence-electron chi connectivity index (χ2n) is 6.15. The van der Waals surface area contributed by atoms with E-state index in [4.69, 9.17) is 5.73 Å². The number of nitrogens with zero attached hydrogens (tertiary/aromatic N) is 1. The Bertz CT molecular complexity index is 406. The van der Waals surface area contributed by atoms with Crippen molar-refractivity contribution in [2.45, 2.75) is 31.8 Å². The van der Waals surface area contributed by atoms with Gasteiger partial charge in [0.15, 0.2) is 0 Å². The third kappa shape index (κ3) is 2.69. The van der Waals surface area contributed by atoms with Crippen LogP contribution < -0.4 is 11.1 Å². The van der Waals surface area contributed by atoms with Gasteiger partial charge in [-0.25, -0.2) is 0 Å². The molecule has 2 heterocycles. The summed E-state index contributed by atoms with van der Waals surface area (Å²) in [5.74, 6) is 0. The van der Waals surface area contributed by atoms with Gasteiger partial charge in [-0.1, -0.05) is 30.3 Å². The molecule has 2 fully saturated rings. The molecule has 3 rings (SSSR count). The normalized spacial score (nSPS) is 31.9. The summed E-state index contributed by atoms with van der Waals surface area (Å²) in [6.07, 6.45) is 3.94. The van der Waals surface area contributed by atoms with E-state index >= 15 is 0 Å². The second kappa shape index (κ2) is 5.61. The van der Waals surface area contributed by atoms with Crippen molar-refractivity contribution in [1.29, 1.82) is 0 Å². The number of nitrogens with one attached hydrogen (secondary N) is 1. The number of likely N-dealkylation sites (tertiary alicyclic amines) is 1. The first kappa shape index (κ1) is 13.1. The van der Waals surface area contributed by atoms with Gasteiger partial charge in [0.25, 0.3) is 0 Å². The van der Waals surface area contributed by atoms with E-state index < -0.39 is 0 Å². The average Bonchev–Trinajstić information content (AvgIpc) is 2.84. The van der Waals surface area contributed by atoms with Crippen LogP contribution in [-0.2, 0) is 6.54 Å². The molecular formula is C16H25N3. The zero-order chi connectivity index (χ0) is 13.1. The molecule has 2 aliphatic heterocycles. The molecule has 0 saturated carbocycles. The summed E-state index contributed by atoms with van der Waals surface area (Å²) in [4.78, 5) is 2.60. The smallest absolute Gasteiger partial charge is 0.0259 e. The van der Waals surface area contributed by atoms with Crippen LogP contribution >= 0.6 is 0 Å². The Morgan fingerprint density at radius 2 is 2.11 bits per heavy atom. The van der Waals surface area contributed by atoms with Crippen molar-refractivity contribution in [1.82, 2.24) is 10.2 Å². The fraction of sp³-hybridized carbons (Fsp3) is 0.625.